The van der Waals surface area contributed by atoms with Gasteiger partial charge in [-0.25, -0.2) is 9.69 Å². The lowest BCUT2D eigenvalue weighted by atomic mass is 9.98. The molecule has 0 saturated carbocycles. The molecule has 2 heterocycles. The van der Waals surface area contributed by atoms with Crippen molar-refractivity contribution in [3.05, 3.63) is 53.9 Å². The van der Waals surface area contributed by atoms with Crippen molar-refractivity contribution in [1.29, 1.82) is 0 Å². The number of rotatable bonds is 1. The number of hydrogen-bond acceptors (Lipinski definition) is 4. The van der Waals surface area contributed by atoms with Gasteiger partial charge in [-0.3, -0.25) is 9.78 Å². The van der Waals surface area contributed by atoms with Crippen LogP contribution in [-0.4, -0.2) is 27.5 Å². The summed E-state index contributed by atoms with van der Waals surface area (Å²) in [6.07, 6.45) is 2.80. The summed E-state index contributed by atoms with van der Waals surface area (Å²) in [7, 11) is 0. The van der Waals surface area contributed by atoms with Gasteiger partial charge in [-0.1, -0.05) is 12.1 Å². The Balaban J connectivity index is 1.96. The summed E-state index contributed by atoms with van der Waals surface area (Å²) < 4.78 is 5.33. The van der Waals surface area contributed by atoms with Crippen LogP contribution in [0.3, 0.4) is 0 Å². The molecule has 3 rings (SSSR count). The number of imide groups is 1. The third kappa shape index (κ3) is 2.95. The van der Waals surface area contributed by atoms with E-state index in [2.05, 4.69) is 4.98 Å². The minimum absolute atomic E-state index is 0.224. The maximum atomic E-state index is 12.5. The Morgan fingerprint density at radius 2 is 1.78 bits per heavy atom. The lowest BCUT2D eigenvalue weighted by molar-refractivity contribution is 0.0248. The Morgan fingerprint density at radius 1 is 1.13 bits per heavy atom. The van der Waals surface area contributed by atoms with E-state index in [1.54, 1.807) is 39.2 Å². The molecule has 0 unspecified atom stereocenters. The molecule has 0 bridgehead atoms. The molecule has 1 aliphatic heterocycles. The average Bonchev–Trinajstić information content (AvgIpc) is 2.84. The molecule has 0 spiro atoms. The highest BCUT2D eigenvalue weighted by Crippen LogP contribution is 2.33. The monoisotopic (exact) mass is 310 g/mol. The van der Waals surface area contributed by atoms with Gasteiger partial charge in [-0.15, -0.1) is 0 Å². The van der Waals surface area contributed by atoms with E-state index >= 15 is 0 Å². The molecule has 2 aromatic rings. The smallest absolute Gasteiger partial charge is 0.417 e. The summed E-state index contributed by atoms with van der Waals surface area (Å²) in [4.78, 5) is 29.9. The van der Waals surface area contributed by atoms with E-state index in [9.17, 15) is 9.59 Å². The summed E-state index contributed by atoms with van der Waals surface area (Å²) in [5.41, 5.74) is 2.65. The Kier molecular flexibility index (Phi) is 3.64. The maximum Gasteiger partial charge on any atom is 0.417 e. The van der Waals surface area contributed by atoms with Gasteiger partial charge in [0.1, 0.15) is 5.60 Å². The van der Waals surface area contributed by atoms with Gasteiger partial charge in [-0.2, -0.15) is 0 Å². The van der Waals surface area contributed by atoms with Crippen molar-refractivity contribution in [3.63, 3.8) is 0 Å². The molecule has 1 aromatic heterocycles. The third-order valence-electron chi connectivity index (χ3n) is 3.57. The molecule has 118 valence electrons. The van der Waals surface area contributed by atoms with Gasteiger partial charge in [0.25, 0.3) is 5.91 Å². The van der Waals surface area contributed by atoms with Crippen molar-refractivity contribution in [1.82, 2.24) is 9.88 Å². The summed E-state index contributed by atoms with van der Waals surface area (Å²) in [6, 6.07) is 9.28. The van der Waals surface area contributed by atoms with Crippen molar-refractivity contribution in [3.8, 4) is 11.1 Å². The van der Waals surface area contributed by atoms with Crippen LogP contribution in [0.15, 0.2) is 42.7 Å². The fourth-order valence-corrected chi connectivity index (χ4v) is 2.60. The molecule has 2 amide bonds. The number of aromatic nitrogens is 1. The second kappa shape index (κ2) is 5.50. The van der Waals surface area contributed by atoms with E-state index in [4.69, 9.17) is 4.74 Å². The fourth-order valence-electron chi connectivity index (χ4n) is 2.60. The number of fused-ring (bicyclic) bond motifs is 1. The first-order chi connectivity index (χ1) is 10.9. The van der Waals surface area contributed by atoms with E-state index in [0.29, 0.717) is 5.56 Å². The van der Waals surface area contributed by atoms with E-state index in [0.717, 1.165) is 21.6 Å². The van der Waals surface area contributed by atoms with Crippen LogP contribution in [0.4, 0.5) is 4.79 Å². The molecule has 0 fully saturated rings. The summed E-state index contributed by atoms with van der Waals surface area (Å²) in [6.45, 7) is 5.56. The molecule has 0 aliphatic carbocycles. The highest BCUT2D eigenvalue weighted by molar-refractivity contribution is 6.07. The van der Waals surface area contributed by atoms with Crippen molar-refractivity contribution in [2.24, 2.45) is 0 Å². The lowest BCUT2D eigenvalue weighted by Gasteiger charge is -2.23. The van der Waals surface area contributed by atoms with E-state index in [-0.39, 0.29) is 12.5 Å². The van der Waals surface area contributed by atoms with Crippen LogP contribution in [0.1, 0.15) is 36.7 Å². The van der Waals surface area contributed by atoms with Crippen LogP contribution in [0.5, 0.6) is 0 Å². The van der Waals surface area contributed by atoms with E-state index in [1.165, 1.54) is 0 Å². The molecule has 23 heavy (non-hydrogen) atoms. The SMILES string of the molecule is CC(C)(C)OC(=O)N1Cc2c(cccc2-c2ccncc2)C1=O. The van der Waals surface area contributed by atoms with Gasteiger partial charge in [0.05, 0.1) is 6.54 Å². The van der Waals surface area contributed by atoms with Gasteiger partial charge in [0.15, 0.2) is 0 Å². The number of ether oxygens (including phenoxy) is 1. The number of pyridine rings is 1. The molecule has 0 radical (unpaired) electrons. The number of carbonyl (C=O) groups is 2. The lowest BCUT2D eigenvalue weighted by Crippen LogP contribution is -2.36. The van der Waals surface area contributed by atoms with Crippen LogP contribution in [-0.2, 0) is 11.3 Å². The maximum absolute atomic E-state index is 12.5. The van der Waals surface area contributed by atoms with Crippen molar-refractivity contribution < 1.29 is 14.3 Å². The predicted octanol–water partition coefficient (Wildman–Crippen LogP) is 3.64. The predicted molar refractivity (Wildman–Crippen MR) is 85.8 cm³/mol. The molecule has 0 N–H and O–H groups in total. The highest BCUT2D eigenvalue weighted by atomic mass is 16.6. The molecule has 5 heteroatoms. The molecule has 0 atom stereocenters. The first-order valence-corrected chi connectivity index (χ1v) is 7.44. The Bertz CT molecular complexity index is 764. The zero-order chi connectivity index (χ0) is 16.6. The summed E-state index contributed by atoms with van der Waals surface area (Å²) in [5.74, 6) is -0.315. The molecule has 0 saturated heterocycles. The molecular formula is C18H18N2O3. The van der Waals surface area contributed by atoms with Crippen molar-refractivity contribution in [2.75, 3.05) is 0 Å². The second-order valence-corrected chi connectivity index (χ2v) is 6.44. The summed E-state index contributed by atoms with van der Waals surface area (Å²) in [5, 5.41) is 0. The van der Waals surface area contributed by atoms with Crippen molar-refractivity contribution in [2.45, 2.75) is 32.9 Å². The number of benzene rings is 1. The normalized spacial score (nSPS) is 13.9. The minimum atomic E-state index is -0.639. The first-order valence-electron chi connectivity index (χ1n) is 7.44. The zero-order valence-corrected chi connectivity index (χ0v) is 13.4. The third-order valence-corrected chi connectivity index (χ3v) is 3.57. The van der Waals surface area contributed by atoms with Crippen molar-refractivity contribution >= 4 is 12.0 Å². The van der Waals surface area contributed by atoms with Crippen LogP contribution < -0.4 is 0 Å². The molecule has 1 aromatic carbocycles. The van der Waals surface area contributed by atoms with Gasteiger partial charge in [-0.05, 0) is 55.7 Å². The fraction of sp³-hybridized carbons (Fsp3) is 0.278. The van der Waals surface area contributed by atoms with Crippen LogP contribution >= 0.6 is 0 Å². The van der Waals surface area contributed by atoms with Gasteiger partial charge >= 0.3 is 6.09 Å². The second-order valence-electron chi connectivity index (χ2n) is 6.44. The summed E-state index contributed by atoms with van der Waals surface area (Å²) >= 11 is 0. The van der Waals surface area contributed by atoms with Crippen LogP contribution in [0.25, 0.3) is 11.1 Å². The molecular weight excluding hydrogens is 292 g/mol. The van der Waals surface area contributed by atoms with Crippen LogP contribution in [0, 0.1) is 0 Å². The first kappa shape index (κ1) is 15.2. The van der Waals surface area contributed by atoms with Gasteiger partial charge < -0.3 is 4.74 Å². The largest absolute Gasteiger partial charge is 0.443 e. The number of carbonyl (C=O) groups excluding carboxylic acids is 2. The quantitative estimate of drug-likeness (QED) is 0.807. The Labute approximate surface area is 134 Å². The topological polar surface area (TPSA) is 59.5 Å². The Hall–Kier alpha value is -2.69. The number of nitrogens with zero attached hydrogens (tertiary/aromatic N) is 2. The number of amides is 2. The molecule has 1 aliphatic rings. The number of hydrogen-bond donors (Lipinski definition) is 0. The standard InChI is InChI=1S/C18H18N2O3/c1-18(2,3)23-17(22)20-11-15-13(12-7-9-19-10-8-12)5-4-6-14(15)16(20)21/h4-10H,11H2,1-3H3. The highest BCUT2D eigenvalue weighted by Gasteiger charge is 2.36. The Morgan fingerprint density at radius 3 is 2.43 bits per heavy atom. The van der Waals surface area contributed by atoms with Gasteiger partial charge in [0.2, 0.25) is 0 Å². The zero-order valence-electron chi connectivity index (χ0n) is 13.4. The molecule has 5 nitrogen and oxygen atoms in total. The van der Waals surface area contributed by atoms with E-state index < -0.39 is 11.7 Å². The average molecular weight is 310 g/mol. The minimum Gasteiger partial charge on any atom is -0.443 e. The van der Waals surface area contributed by atoms with Gasteiger partial charge in [0, 0.05) is 18.0 Å². The van der Waals surface area contributed by atoms with E-state index in [1.807, 2.05) is 24.3 Å². The van der Waals surface area contributed by atoms with Crippen LogP contribution in [0.2, 0.25) is 0 Å².